The number of rotatable bonds is 4. The highest BCUT2D eigenvalue weighted by Crippen LogP contribution is 2.44. The number of carbonyl (C=O) groups is 2. The van der Waals surface area contributed by atoms with Gasteiger partial charge < -0.3 is 9.47 Å². The van der Waals surface area contributed by atoms with E-state index in [-0.39, 0.29) is 22.7 Å². The van der Waals surface area contributed by atoms with Crippen molar-refractivity contribution in [2.45, 2.75) is 16.7 Å². The van der Waals surface area contributed by atoms with E-state index in [0.717, 1.165) is 9.79 Å². The Morgan fingerprint density at radius 2 is 1.50 bits per heavy atom. The van der Waals surface area contributed by atoms with Crippen LogP contribution in [-0.2, 0) is 0 Å². The van der Waals surface area contributed by atoms with Crippen LogP contribution in [0.25, 0.3) is 0 Å². The van der Waals surface area contributed by atoms with E-state index >= 15 is 0 Å². The van der Waals surface area contributed by atoms with Crippen molar-refractivity contribution < 1.29 is 19.1 Å². The second-order valence-corrected chi connectivity index (χ2v) is 6.45. The lowest BCUT2D eigenvalue weighted by molar-refractivity contribution is 0.0988. The Morgan fingerprint density at radius 3 is 2.08 bits per heavy atom. The summed E-state index contributed by atoms with van der Waals surface area (Å²) < 4.78 is 10.8. The van der Waals surface area contributed by atoms with Crippen LogP contribution in [0.4, 0.5) is 0 Å². The molecule has 0 heterocycles. The smallest absolute Gasteiger partial charge is 0.190 e. The fourth-order valence-corrected chi connectivity index (χ4v) is 3.56. The van der Waals surface area contributed by atoms with E-state index in [1.165, 1.54) is 43.7 Å². The largest absolute Gasteiger partial charge is 0.496 e. The summed E-state index contributed by atoms with van der Waals surface area (Å²) in [6.45, 7) is 2.02. The topological polar surface area (TPSA) is 52.6 Å². The molecule has 0 radical (unpaired) electrons. The van der Waals surface area contributed by atoms with Crippen molar-refractivity contribution in [2.75, 3.05) is 14.2 Å². The molecule has 2 aromatic carbocycles. The summed E-state index contributed by atoms with van der Waals surface area (Å²) in [5.41, 5.74) is 1.69. The van der Waals surface area contributed by atoms with Crippen molar-refractivity contribution in [2.24, 2.45) is 0 Å². The molecule has 0 unspecified atom stereocenters. The van der Waals surface area contributed by atoms with Crippen LogP contribution in [-0.4, -0.2) is 25.8 Å². The molecule has 0 bridgehead atoms. The van der Waals surface area contributed by atoms with Gasteiger partial charge in [-0.25, -0.2) is 0 Å². The quantitative estimate of drug-likeness (QED) is 0.839. The van der Waals surface area contributed by atoms with E-state index in [2.05, 4.69) is 0 Å². The lowest BCUT2D eigenvalue weighted by atomic mass is 9.93. The first-order chi connectivity index (χ1) is 11.5. The van der Waals surface area contributed by atoms with Crippen molar-refractivity contribution in [3.05, 3.63) is 59.2 Å². The zero-order valence-corrected chi connectivity index (χ0v) is 14.4. The molecule has 1 aliphatic carbocycles. The summed E-state index contributed by atoms with van der Waals surface area (Å²) in [6.07, 6.45) is 2.53. The molecule has 0 N–H and O–H groups in total. The molecule has 0 amide bonds. The number of hydrogen-bond acceptors (Lipinski definition) is 5. The lowest BCUT2D eigenvalue weighted by Crippen LogP contribution is -2.15. The number of aryl methyl sites for hydroxylation is 1. The summed E-state index contributed by atoms with van der Waals surface area (Å²) in [5.74, 6) is 0.264. The first-order valence-electron chi connectivity index (χ1n) is 7.35. The molecule has 0 spiro atoms. The van der Waals surface area contributed by atoms with Crippen LogP contribution in [0.1, 0.15) is 26.3 Å². The van der Waals surface area contributed by atoms with E-state index in [9.17, 15) is 9.59 Å². The number of hydrogen-bond donors (Lipinski definition) is 0. The highest BCUT2D eigenvalue weighted by atomic mass is 32.2. The number of benzene rings is 2. The van der Waals surface area contributed by atoms with Crippen LogP contribution in [0.15, 0.2) is 52.3 Å². The van der Waals surface area contributed by atoms with Gasteiger partial charge in [-0.1, -0.05) is 29.5 Å². The third kappa shape index (κ3) is 2.83. The predicted octanol–water partition coefficient (Wildman–Crippen LogP) is 4.10. The van der Waals surface area contributed by atoms with Gasteiger partial charge in [0.25, 0.3) is 0 Å². The Bertz CT molecular complexity index is 851. The molecule has 1 aliphatic rings. The summed E-state index contributed by atoms with van der Waals surface area (Å²) in [7, 11) is 2.98. The minimum absolute atomic E-state index is 0.258. The van der Waals surface area contributed by atoms with Crippen molar-refractivity contribution in [1.82, 2.24) is 0 Å². The van der Waals surface area contributed by atoms with Gasteiger partial charge in [0.15, 0.2) is 11.6 Å². The molecule has 0 aromatic heterocycles. The summed E-state index contributed by atoms with van der Waals surface area (Å²) >= 11 is 1.46. The van der Waals surface area contributed by atoms with Gasteiger partial charge in [0.1, 0.15) is 11.5 Å². The maximum absolute atomic E-state index is 12.3. The highest BCUT2D eigenvalue weighted by Gasteiger charge is 2.30. The van der Waals surface area contributed by atoms with Crippen LogP contribution in [0.2, 0.25) is 0 Å². The number of ketones is 2. The molecule has 5 heteroatoms. The summed E-state index contributed by atoms with van der Waals surface area (Å²) in [4.78, 5) is 26.3. The third-order valence-corrected chi connectivity index (χ3v) is 4.79. The first-order valence-corrected chi connectivity index (χ1v) is 8.17. The molecule has 0 aliphatic heterocycles. The minimum atomic E-state index is -0.258. The fourth-order valence-electron chi connectivity index (χ4n) is 2.59. The minimum Gasteiger partial charge on any atom is -0.496 e. The third-order valence-electron chi connectivity index (χ3n) is 3.76. The van der Waals surface area contributed by atoms with Gasteiger partial charge in [-0.2, -0.15) is 0 Å². The number of ether oxygens (including phenoxy) is 2. The number of carbonyl (C=O) groups excluding carboxylic acids is 2. The zero-order chi connectivity index (χ0) is 17.3. The second kappa shape index (κ2) is 6.53. The molecule has 0 atom stereocenters. The Hall–Kier alpha value is -2.53. The summed E-state index contributed by atoms with van der Waals surface area (Å²) in [6, 6.07) is 9.77. The van der Waals surface area contributed by atoms with Crippen LogP contribution in [0.5, 0.6) is 11.5 Å². The standard InChI is InChI=1S/C19H16O4S/c1-11-4-6-12(7-5-11)24-16-10-15(22-2)17-13(20)8-9-14(21)18(17)19(16)23-3/h4-10H,1-3H3. The second-order valence-electron chi connectivity index (χ2n) is 5.34. The van der Waals surface area contributed by atoms with Crippen LogP contribution in [0.3, 0.4) is 0 Å². The van der Waals surface area contributed by atoms with Crippen molar-refractivity contribution >= 4 is 23.3 Å². The molecule has 2 aromatic rings. The van der Waals surface area contributed by atoms with Crippen molar-refractivity contribution in [3.8, 4) is 11.5 Å². The van der Waals surface area contributed by atoms with E-state index in [0.29, 0.717) is 11.5 Å². The number of allylic oxidation sites excluding steroid dienone is 2. The van der Waals surface area contributed by atoms with Gasteiger partial charge >= 0.3 is 0 Å². The van der Waals surface area contributed by atoms with E-state index in [1.54, 1.807) is 6.07 Å². The maximum Gasteiger partial charge on any atom is 0.190 e. The van der Waals surface area contributed by atoms with Gasteiger partial charge in [0.05, 0.1) is 30.2 Å². The SMILES string of the molecule is COc1cc(Sc2ccc(C)cc2)c(OC)c2c1C(=O)C=CC2=O. The average Bonchev–Trinajstić information content (AvgIpc) is 2.59. The number of methoxy groups -OCH3 is 2. The van der Waals surface area contributed by atoms with Crippen molar-refractivity contribution in [1.29, 1.82) is 0 Å². The maximum atomic E-state index is 12.3. The van der Waals surface area contributed by atoms with Gasteiger partial charge in [0, 0.05) is 4.90 Å². The van der Waals surface area contributed by atoms with Gasteiger partial charge in [-0.3, -0.25) is 9.59 Å². The monoisotopic (exact) mass is 340 g/mol. The first kappa shape index (κ1) is 16.3. The van der Waals surface area contributed by atoms with Crippen LogP contribution in [0, 0.1) is 6.92 Å². The summed E-state index contributed by atoms with van der Waals surface area (Å²) in [5, 5.41) is 0. The predicted molar refractivity (Wildman–Crippen MR) is 92.6 cm³/mol. The zero-order valence-electron chi connectivity index (χ0n) is 13.6. The highest BCUT2D eigenvalue weighted by molar-refractivity contribution is 7.99. The lowest BCUT2D eigenvalue weighted by Gasteiger charge is -2.19. The molecule has 0 saturated heterocycles. The Balaban J connectivity index is 2.17. The Kier molecular flexibility index (Phi) is 4.44. The normalized spacial score (nSPS) is 13.0. The molecular formula is C19H16O4S. The Labute approximate surface area is 144 Å². The van der Waals surface area contributed by atoms with Crippen LogP contribution >= 0.6 is 11.8 Å². The van der Waals surface area contributed by atoms with E-state index in [1.807, 2.05) is 31.2 Å². The molecule has 0 fully saturated rings. The Morgan fingerprint density at radius 1 is 0.875 bits per heavy atom. The van der Waals surface area contributed by atoms with Gasteiger partial charge in [0.2, 0.25) is 0 Å². The molecule has 0 saturated carbocycles. The molecular weight excluding hydrogens is 324 g/mol. The number of fused-ring (bicyclic) bond motifs is 1. The van der Waals surface area contributed by atoms with Crippen LogP contribution < -0.4 is 9.47 Å². The van der Waals surface area contributed by atoms with Gasteiger partial charge in [-0.05, 0) is 37.3 Å². The van der Waals surface area contributed by atoms with Gasteiger partial charge in [-0.15, -0.1) is 0 Å². The average molecular weight is 340 g/mol. The molecule has 4 nitrogen and oxygen atoms in total. The van der Waals surface area contributed by atoms with E-state index in [4.69, 9.17) is 9.47 Å². The molecule has 122 valence electrons. The van der Waals surface area contributed by atoms with E-state index < -0.39 is 0 Å². The van der Waals surface area contributed by atoms with Crippen molar-refractivity contribution in [3.63, 3.8) is 0 Å². The molecule has 3 rings (SSSR count). The molecule has 24 heavy (non-hydrogen) atoms. The fraction of sp³-hybridized carbons (Fsp3) is 0.158.